The van der Waals surface area contributed by atoms with Crippen LogP contribution < -0.4 is 10.6 Å². The molecule has 3 rings (SSSR count). The summed E-state index contributed by atoms with van der Waals surface area (Å²) in [4.78, 5) is 25.3. The number of benzene rings is 2. The number of carbonyl (C=O) groups excluding carboxylic acids is 2. The molecule has 2 N–H and O–H groups in total. The van der Waals surface area contributed by atoms with Crippen LogP contribution in [0.2, 0.25) is 0 Å². The van der Waals surface area contributed by atoms with Gasteiger partial charge >= 0.3 is 12.0 Å². The molecule has 0 saturated heterocycles. The van der Waals surface area contributed by atoms with Crippen molar-refractivity contribution in [3.63, 3.8) is 0 Å². The average Bonchev–Trinajstić information content (AvgIpc) is 2.67. The molecule has 27 heavy (non-hydrogen) atoms. The van der Waals surface area contributed by atoms with E-state index in [9.17, 15) is 9.59 Å². The molecule has 2 amide bonds. The molecule has 2 aromatic rings. The smallest absolute Gasteiger partial charge is 0.338 e. The molecule has 0 fully saturated rings. The van der Waals surface area contributed by atoms with Crippen LogP contribution in [0.25, 0.3) is 5.70 Å². The molecule has 0 aliphatic carbocycles. The van der Waals surface area contributed by atoms with Gasteiger partial charge in [0.15, 0.2) is 0 Å². The number of amides is 2. The van der Waals surface area contributed by atoms with Gasteiger partial charge in [-0.05, 0) is 37.0 Å². The average molecular weight is 364 g/mol. The number of ether oxygens (including phenoxy) is 1. The van der Waals surface area contributed by atoms with Gasteiger partial charge in [0, 0.05) is 0 Å². The lowest BCUT2D eigenvalue weighted by Gasteiger charge is -2.30. The Bertz CT molecular complexity index is 855. The van der Waals surface area contributed by atoms with E-state index in [0.29, 0.717) is 11.3 Å². The Labute approximate surface area is 159 Å². The molecule has 0 radical (unpaired) electrons. The zero-order chi connectivity index (χ0) is 19.4. The molecule has 1 aliphatic heterocycles. The predicted octanol–water partition coefficient (Wildman–Crippen LogP) is 3.97. The highest BCUT2D eigenvalue weighted by atomic mass is 16.5. The second kappa shape index (κ2) is 8.08. The first-order chi connectivity index (χ1) is 13.0. The Kier molecular flexibility index (Phi) is 5.60. The highest BCUT2D eigenvalue weighted by Gasteiger charge is 2.34. The summed E-state index contributed by atoms with van der Waals surface area (Å²) in [7, 11) is 0. The first-order valence-corrected chi connectivity index (χ1v) is 9.16. The van der Waals surface area contributed by atoms with Crippen LogP contribution >= 0.6 is 0 Å². The summed E-state index contributed by atoms with van der Waals surface area (Å²) in [6, 6.07) is 16.3. The number of nitrogens with one attached hydrogen (secondary N) is 2. The molecule has 1 atom stereocenters. The van der Waals surface area contributed by atoms with Gasteiger partial charge in [-0.15, -0.1) is 0 Å². The summed E-state index contributed by atoms with van der Waals surface area (Å²) in [6.07, 6.45) is 0.662. The second-order valence-corrected chi connectivity index (χ2v) is 6.74. The van der Waals surface area contributed by atoms with Gasteiger partial charge in [-0.2, -0.15) is 0 Å². The van der Waals surface area contributed by atoms with E-state index in [-0.39, 0.29) is 12.1 Å². The molecule has 0 spiro atoms. The van der Waals surface area contributed by atoms with Crippen molar-refractivity contribution in [2.75, 3.05) is 0 Å². The lowest BCUT2D eigenvalue weighted by atomic mass is 9.92. The maximum atomic E-state index is 12.9. The number of urea groups is 1. The van der Waals surface area contributed by atoms with Crippen LogP contribution in [0.3, 0.4) is 0 Å². The van der Waals surface area contributed by atoms with Gasteiger partial charge in [0.25, 0.3) is 0 Å². The van der Waals surface area contributed by atoms with Crippen molar-refractivity contribution >= 4 is 17.7 Å². The van der Waals surface area contributed by atoms with E-state index in [1.807, 2.05) is 54.6 Å². The molecule has 0 aromatic heterocycles. The third-order valence-electron chi connectivity index (χ3n) is 4.42. The minimum absolute atomic E-state index is 0.261. The Morgan fingerprint density at radius 3 is 2.33 bits per heavy atom. The number of aryl methyl sites for hydroxylation is 1. The van der Waals surface area contributed by atoms with E-state index < -0.39 is 12.0 Å². The minimum atomic E-state index is -0.578. The Hall–Kier alpha value is -3.08. The monoisotopic (exact) mass is 364 g/mol. The van der Waals surface area contributed by atoms with E-state index in [0.717, 1.165) is 17.5 Å². The van der Waals surface area contributed by atoms with Gasteiger partial charge in [-0.3, -0.25) is 0 Å². The van der Waals surface area contributed by atoms with Crippen LogP contribution in [0.1, 0.15) is 43.5 Å². The van der Waals surface area contributed by atoms with Crippen LogP contribution in [-0.2, 0) is 16.0 Å². The van der Waals surface area contributed by atoms with Crippen molar-refractivity contribution in [3.8, 4) is 0 Å². The van der Waals surface area contributed by atoms with Gasteiger partial charge < -0.3 is 15.4 Å². The lowest BCUT2D eigenvalue weighted by Crippen LogP contribution is -2.45. The highest BCUT2D eigenvalue weighted by Crippen LogP contribution is 2.32. The molecule has 5 nitrogen and oxygen atoms in total. The second-order valence-electron chi connectivity index (χ2n) is 6.74. The molecule has 0 saturated carbocycles. The number of hydrogen-bond acceptors (Lipinski definition) is 3. The summed E-state index contributed by atoms with van der Waals surface area (Å²) in [5, 5.41) is 5.65. The molecular weight excluding hydrogens is 340 g/mol. The zero-order valence-electron chi connectivity index (χ0n) is 15.8. The standard InChI is InChI=1S/C22H24N2O3/c1-4-15-10-12-17(13-11-15)20-18(21(25)27-14(2)3)19(23-22(26)24-20)16-8-6-5-7-9-16/h5-14,20H,4H2,1-3H3,(H2,23,24,26). The topological polar surface area (TPSA) is 67.4 Å². The highest BCUT2D eigenvalue weighted by molar-refractivity contribution is 6.04. The Morgan fingerprint density at radius 2 is 1.74 bits per heavy atom. The SMILES string of the molecule is CCc1ccc(C2NC(=O)NC(c3ccccc3)=C2C(=O)OC(C)C)cc1. The van der Waals surface area contributed by atoms with Crippen molar-refractivity contribution in [3.05, 3.63) is 76.9 Å². The molecule has 5 heteroatoms. The fourth-order valence-corrected chi connectivity index (χ4v) is 3.09. The van der Waals surface area contributed by atoms with Crippen LogP contribution in [0.15, 0.2) is 60.2 Å². The van der Waals surface area contributed by atoms with Gasteiger partial charge in [0.1, 0.15) is 0 Å². The fraction of sp³-hybridized carbons (Fsp3) is 0.273. The third kappa shape index (κ3) is 4.19. The number of rotatable bonds is 5. The lowest BCUT2D eigenvalue weighted by molar-refractivity contribution is -0.143. The quantitative estimate of drug-likeness (QED) is 0.789. The van der Waals surface area contributed by atoms with Crippen molar-refractivity contribution in [2.24, 2.45) is 0 Å². The van der Waals surface area contributed by atoms with Crippen LogP contribution in [-0.4, -0.2) is 18.1 Å². The maximum Gasteiger partial charge on any atom is 0.338 e. The van der Waals surface area contributed by atoms with E-state index in [2.05, 4.69) is 17.6 Å². The van der Waals surface area contributed by atoms with Gasteiger partial charge in [-0.1, -0.05) is 61.5 Å². The molecule has 1 heterocycles. The first kappa shape index (κ1) is 18.7. The predicted molar refractivity (Wildman–Crippen MR) is 105 cm³/mol. The minimum Gasteiger partial charge on any atom is -0.459 e. The van der Waals surface area contributed by atoms with Crippen LogP contribution in [0.4, 0.5) is 4.79 Å². The Balaban J connectivity index is 2.13. The van der Waals surface area contributed by atoms with Crippen molar-refractivity contribution in [1.82, 2.24) is 10.6 Å². The van der Waals surface area contributed by atoms with Crippen LogP contribution in [0, 0.1) is 0 Å². The number of hydrogen-bond donors (Lipinski definition) is 2. The summed E-state index contributed by atoms with van der Waals surface area (Å²) >= 11 is 0. The largest absolute Gasteiger partial charge is 0.459 e. The molecule has 2 aromatic carbocycles. The first-order valence-electron chi connectivity index (χ1n) is 9.16. The van der Waals surface area contributed by atoms with E-state index >= 15 is 0 Å². The molecule has 1 aliphatic rings. The fourth-order valence-electron chi connectivity index (χ4n) is 3.09. The van der Waals surface area contributed by atoms with Crippen molar-refractivity contribution < 1.29 is 14.3 Å². The van der Waals surface area contributed by atoms with E-state index in [4.69, 9.17) is 4.74 Å². The summed E-state index contributed by atoms with van der Waals surface area (Å²) in [5.74, 6) is -0.444. The number of carbonyl (C=O) groups is 2. The zero-order valence-corrected chi connectivity index (χ0v) is 15.8. The molecular formula is C22H24N2O3. The van der Waals surface area contributed by atoms with Gasteiger partial charge in [0.2, 0.25) is 0 Å². The third-order valence-corrected chi connectivity index (χ3v) is 4.42. The van der Waals surface area contributed by atoms with Crippen molar-refractivity contribution in [2.45, 2.75) is 39.3 Å². The summed E-state index contributed by atoms with van der Waals surface area (Å²) in [6.45, 7) is 5.70. The summed E-state index contributed by atoms with van der Waals surface area (Å²) in [5.41, 5.74) is 3.68. The number of esters is 1. The molecule has 0 bridgehead atoms. The normalized spacial score (nSPS) is 16.7. The molecule has 140 valence electrons. The van der Waals surface area contributed by atoms with Crippen molar-refractivity contribution in [1.29, 1.82) is 0 Å². The van der Waals surface area contributed by atoms with Crippen LogP contribution in [0.5, 0.6) is 0 Å². The van der Waals surface area contributed by atoms with E-state index in [1.54, 1.807) is 13.8 Å². The molecule has 1 unspecified atom stereocenters. The van der Waals surface area contributed by atoms with E-state index in [1.165, 1.54) is 5.56 Å². The van der Waals surface area contributed by atoms with Gasteiger partial charge in [0.05, 0.1) is 23.4 Å². The summed E-state index contributed by atoms with van der Waals surface area (Å²) < 4.78 is 5.49. The Morgan fingerprint density at radius 1 is 1.07 bits per heavy atom. The maximum absolute atomic E-state index is 12.9. The van der Waals surface area contributed by atoms with Gasteiger partial charge in [-0.25, -0.2) is 9.59 Å².